The van der Waals surface area contributed by atoms with Crippen LogP contribution in [0.2, 0.25) is 5.02 Å². The molecule has 2 nitrogen and oxygen atoms in total. The number of rotatable bonds is 2. The molecule has 3 heteroatoms. The van der Waals surface area contributed by atoms with E-state index in [0.29, 0.717) is 5.02 Å². The lowest BCUT2D eigenvalue weighted by molar-refractivity contribution is 0.910. The molecule has 58 valence electrons. The van der Waals surface area contributed by atoms with Crippen LogP contribution in [0.5, 0.6) is 0 Å². The molecule has 1 aromatic heterocycles. The number of hydrogen-bond donors (Lipinski definition) is 1. The van der Waals surface area contributed by atoms with E-state index in [1.807, 2.05) is 0 Å². The van der Waals surface area contributed by atoms with Gasteiger partial charge in [0.05, 0.1) is 5.02 Å². The minimum Gasteiger partial charge on any atom is -0.321 e. The molecular formula is C8H9ClN2. The van der Waals surface area contributed by atoms with Gasteiger partial charge in [0, 0.05) is 18.4 Å². The van der Waals surface area contributed by atoms with Gasteiger partial charge in [-0.3, -0.25) is 4.98 Å². The lowest BCUT2D eigenvalue weighted by atomic mass is 10.1. The number of nitrogens with two attached hydrogens (primary N) is 1. The topological polar surface area (TPSA) is 38.9 Å². The monoisotopic (exact) mass is 168 g/mol. The molecule has 1 aromatic rings. The van der Waals surface area contributed by atoms with E-state index in [-0.39, 0.29) is 6.04 Å². The molecule has 2 N–H and O–H groups in total. The van der Waals surface area contributed by atoms with Crippen LogP contribution in [0, 0.1) is 0 Å². The van der Waals surface area contributed by atoms with E-state index in [0.717, 1.165) is 5.56 Å². The Morgan fingerprint density at radius 1 is 1.73 bits per heavy atom. The van der Waals surface area contributed by atoms with Gasteiger partial charge in [0.15, 0.2) is 0 Å². The number of pyridine rings is 1. The number of nitrogens with zero attached hydrogens (tertiary/aromatic N) is 1. The summed E-state index contributed by atoms with van der Waals surface area (Å²) in [5, 5.41) is 0.583. The van der Waals surface area contributed by atoms with Crippen LogP contribution in [-0.2, 0) is 0 Å². The predicted octanol–water partition coefficient (Wildman–Crippen LogP) is 1.92. The van der Waals surface area contributed by atoms with Gasteiger partial charge in [0.2, 0.25) is 0 Å². The fourth-order valence-corrected chi connectivity index (χ4v) is 1.03. The molecule has 0 aliphatic heterocycles. The van der Waals surface area contributed by atoms with Crippen LogP contribution >= 0.6 is 11.6 Å². The smallest absolute Gasteiger partial charge is 0.0640 e. The summed E-state index contributed by atoms with van der Waals surface area (Å²) in [7, 11) is 0. The minimum absolute atomic E-state index is 0.203. The number of halogens is 1. The minimum atomic E-state index is -0.203. The van der Waals surface area contributed by atoms with E-state index in [2.05, 4.69) is 11.6 Å². The molecule has 11 heavy (non-hydrogen) atoms. The Morgan fingerprint density at radius 2 is 2.45 bits per heavy atom. The van der Waals surface area contributed by atoms with Crippen LogP contribution in [0.4, 0.5) is 0 Å². The van der Waals surface area contributed by atoms with Gasteiger partial charge in [-0.05, 0) is 11.6 Å². The van der Waals surface area contributed by atoms with Gasteiger partial charge in [0.25, 0.3) is 0 Å². The Balaban J connectivity index is 3.02. The largest absolute Gasteiger partial charge is 0.321 e. The SMILES string of the molecule is C=C[C@H](N)c1ccncc1Cl. The van der Waals surface area contributed by atoms with Crippen LogP contribution in [0.25, 0.3) is 0 Å². The van der Waals surface area contributed by atoms with Crippen molar-refractivity contribution in [3.05, 3.63) is 41.7 Å². The maximum Gasteiger partial charge on any atom is 0.0640 e. The summed E-state index contributed by atoms with van der Waals surface area (Å²) in [6, 6.07) is 1.58. The lowest BCUT2D eigenvalue weighted by Gasteiger charge is -2.06. The first kappa shape index (κ1) is 8.24. The van der Waals surface area contributed by atoms with Crippen molar-refractivity contribution < 1.29 is 0 Å². The van der Waals surface area contributed by atoms with Crippen LogP contribution < -0.4 is 5.73 Å². The van der Waals surface area contributed by atoms with Gasteiger partial charge in [-0.25, -0.2) is 0 Å². The quantitative estimate of drug-likeness (QED) is 0.686. The summed E-state index contributed by atoms with van der Waals surface area (Å²) < 4.78 is 0. The molecule has 0 amide bonds. The molecule has 0 aliphatic carbocycles. The molecule has 0 fully saturated rings. The fourth-order valence-electron chi connectivity index (χ4n) is 0.783. The van der Waals surface area contributed by atoms with Gasteiger partial charge in [-0.1, -0.05) is 17.7 Å². The van der Waals surface area contributed by atoms with Crippen molar-refractivity contribution in [2.75, 3.05) is 0 Å². The summed E-state index contributed by atoms with van der Waals surface area (Å²) >= 11 is 5.81. The summed E-state index contributed by atoms with van der Waals surface area (Å²) in [4.78, 5) is 3.84. The molecular weight excluding hydrogens is 160 g/mol. The maximum atomic E-state index is 5.81. The van der Waals surface area contributed by atoms with Crippen LogP contribution in [0.1, 0.15) is 11.6 Å². The van der Waals surface area contributed by atoms with Crippen LogP contribution in [-0.4, -0.2) is 4.98 Å². The van der Waals surface area contributed by atoms with Crippen molar-refractivity contribution in [2.24, 2.45) is 5.73 Å². The van der Waals surface area contributed by atoms with E-state index in [9.17, 15) is 0 Å². The zero-order valence-electron chi connectivity index (χ0n) is 6.00. The van der Waals surface area contributed by atoms with E-state index >= 15 is 0 Å². The van der Waals surface area contributed by atoms with Gasteiger partial charge in [0.1, 0.15) is 0 Å². The molecule has 0 saturated carbocycles. The Kier molecular flexibility index (Phi) is 2.63. The van der Waals surface area contributed by atoms with Crippen molar-refractivity contribution in [3.8, 4) is 0 Å². The molecule has 0 aliphatic rings. The van der Waals surface area contributed by atoms with Gasteiger partial charge in [-0.15, -0.1) is 6.58 Å². The van der Waals surface area contributed by atoms with Crippen molar-refractivity contribution in [3.63, 3.8) is 0 Å². The van der Waals surface area contributed by atoms with E-state index in [4.69, 9.17) is 17.3 Å². The third-order valence-electron chi connectivity index (χ3n) is 1.42. The van der Waals surface area contributed by atoms with E-state index in [1.165, 1.54) is 0 Å². The average molecular weight is 169 g/mol. The van der Waals surface area contributed by atoms with Crippen LogP contribution in [0.15, 0.2) is 31.1 Å². The predicted molar refractivity (Wildman–Crippen MR) is 46.4 cm³/mol. The molecule has 0 spiro atoms. The van der Waals surface area contributed by atoms with Crippen molar-refractivity contribution in [1.82, 2.24) is 4.98 Å². The Bertz CT molecular complexity index is 260. The second kappa shape index (κ2) is 3.51. The summed E-state index contributed by atoms with van der Waals surface area (Å²) in [5.41, 5.74) is 6.52. The molecule has 1 rings (SSSR count). The first-order chi connectivity index (χ1) is 5.25. The molecule has 0 bridgehead atoms. The second-order valence-electron chi connectivity index (χ2n) is 2.16. The molecule has 1 heterocycles. The zero-order chi connectivity index (χ0) is 8.27. The zero-order valence-corrected chi connectivity index (χ0v) is 6.75. The van der Waals surface area contributed by atoms with Crippen molar-refractivity contribution in [1.29, 1.82) is 0 Å². The summed E-state index contributed by atoms with van der Waals surface area (Å²) in [6.45, 7) is 3.57. The van der Waals surface area contributed by atoms with Gasteiger partial charge < -0.3 is 5.73 Å². The van der Waals surface area contributed by atoms with Crippen LogP contribution in [0.3, 0.4) is 0 Å². The molecule has 0 radical (unpaired) electrons. The Morgan fingerprint density at radius 3 is 3.00 bits per heavy atom. The van der Waals surface area contributed by atoms with E-state index < -0.39 is 0 Å². The third-order valence-corrected chi connectivity index (χ3v) is 1.73. The maximum absolute atomic E-state index is 5.81. The highest BCUT2D eigenvalue weighted by molar-refractivity contribution is 6.31. The van der Waals surface area contributed by atoms with E-state index in [1.54, 1.807) is 24.5 Å². The standard InChI is InChI=1S/C8H9ClN2/c1-2-8(10)6-3-4-11-5-7(6)9/h2-5,8H,1,10H2/t8-/m0/s1. The Hall–Kier alpha value is -0.860. The third kappa shape index (κ3) is 1.79. The van der Waals surface area contributed by atoms with Gasteiger partial charge >= 0.3 is 0 Å². The lowest BCUT2D eigenvalue weighted by Crippen LogP contribution is -2.06. The molecule has 0 unspecified atom stereocenters. The highest BCUT2D eigenvalue weighted by Crippen LogP contribution is 2.19. The highest BCUT2D eigenvalue weighted by atomic mass is 35.5. The first-order valence-corrected chi connectivity index (χ1v) is 3.61. The Labute approximate surface area is 70.7 Å². The molecule has 0 aromatic carbocycles. The highest BCUT2D eigenvalue weighted by Gasteiger charge is 2.04. The number of aromatic nitrogens is 1. The van der Waals surface area contributed by atoms with Gasteiger partial charge in [-0.2, -0.15) is 0 Å². The average Bonchev–Trinajstić information content (AvgIpc) is 2.04. The van der Waals surface area contributed by atoms with Crippen molar-refractivity contribution >= 4 is 11.6 Å². The fraction of sp³-hybridized carbons (Fsp3) is 0.125. The molecule has 1 atom stereocenters. The van der Waals surface area contributed by atoms with Crippen molar-refractivity contribution in [2.45, 2.75) is 6.04 Å². The number of hydrogen-bond acceptors (Lipinski definition) is 2. The summed E-state index contributed by atoms with van der Waals surface area (Å²) in [6.07, 6.45) is 4.87. The normalized spacial score (nSPS) is 12.5. The first-order valence-electron chi connectivity index (χ1n) is 3.23. The second-order valence-corrected chi connectivity index (χ2v) is 2.57. The molecule has 0 saturated heterocycles. The summed E-state index contributed by atoms with van der Waals surface area (Å²) in [5.74, 6) is 0.